The third-order valence-corrected chi connectivity index (χ3v) is 4.06. The molecule has 0 fully saturated rings. The predicted molar refractivity (Wildman–Crippen MR) is 80.8 cm³/mol. The summed E-state index contributed by atoms with van der Waals surface area (Å²) in [5, 5.41) is 4.06. The van der Waals surface area contributed by atoms with Crippen LogP contribution in [0.25, 0.3) is 21.8 Å². The number of halogens is 2. The van der Waals surface area contributed by atoms with Crippen molar-refractivity contribution in [1.82, 2.24) is 9.97 Å². The van der Waals surface area contributed by atoms with Gasteiger partial charge in [0.1, 0.15) is 10.2 Å². The summed E-state index contributed by atoms with van der Waals surface area (Å²) >= 11 is 13.6. The van der Waals surface area contributed by atoms with Crippen LogP contribution in [0.4, 0.5) is 0 Å². The van der Waals surface area contributed by atoms with Gasteiger partial charge in [0.25, 0.3) is 0 Å². The minimum atomic E-state index is 0.465. The molecular weight excluding hydrogens is 299 g/mol. The fourth-order valence-electron chi connectivity index (χ4n) is 1.73. The van der Waals surface area contributed by atoms with Crippen LogP contribution in [0.3, 0.4) is 0 Å². The number of nitrogens with zero attached hydrogens (tertiary/aromatic N) is 2. The van der Waals surface area contributed by atoms with Crippen LogP contribution in [0.2, 0.25) is 10.2 Å². The highest BCUT2D eigenvalue weighted by molar-refractivity contribution is 7.13. The molecule has 1 aromatic carbocycles. The molecule has 0 saturated carbocycles. The van der Waals surface area contributed by atoms with E-state index in [-0.39, 0.29) is 0 Å². The molecule has 3 aromatic rings. The van der Waals surface area contributed by atoms with Crippen molar-refractivity contribution in [2.75, 3.05) is 0 Å². The van der Waals surface area contributed by atoms with Crippen LogP contribution in [0, 0.1) is 0 Å². The van der Waals surface area contributed by atoms with Gasteiger partial charge in [-0.2, -0.15) is 0 Å². The molecule has 0 radical (unpaired) electrons. The molecule has 0 N–H and O–H groups in total. The molecule has 0 bridgehead atoms. The zero-order valence-corrected chi connectivity index (χ0v) is 12.0. The Morgan fingerprint density at radius 3 is 2.68 bits per heavy atom. The first-order valence-corrected chi connectivity index (χ1v) is 7.20. The normalized spacial score (nSPS) is 10.6. The second-order valence-electron chi connectivity index (χ2n) is 3.88. The van der Waals surface area contributed by atoms with Gasteiger partial charge in [0.05, 0.1) is 5.69 Å². The monoisotopic (exact) mass is 306 g/mol. The first kappa shape index (κ1) is 12.6. The van der Waals surface area contributed by atoms with Gasteiger partial charge in [-0.25, -0.2) is 9.97 Å². The first-order valence-electron chi connectivity index (χ1n) is 5.56. The lowest BCUT2D eigenvalue weighted by Gasteiger charge is -1.99. The molecule has 0 aliphatic carbocycles. The van der Waals surface area contributed by atoms with Gasteiger partial charge in [-0.05, 0) is 18.2 Å². The summed E-state index contributed by atoms with van der Waals surface area (Å²) in [4.78, 5) is 8.57. The van der Waals surface area contributed by atoms with Gasteiger partial charge in [0, 0.05) is 27.7 Å². The smallest absolute Gasteiger partial charge is 0.129 e. The quantitative estimate of drug-likeness (QED) is 0.610. The fraction of sp³-hybridized carbons (Fsp3) is 0. The van der Waals surface area contributed by atoms with E-state index in [1.54, 1.807) is 23.6 Å². The van der Waals surface area contributed by atoms with Crippen molar-refractivity contribution >= 4 is 34.5 Å². The Balaban J connectivity index is 2.03. The Hall–Kier alpha value is -1.42. The van der Waals surface area contributed by atoms with Crippen LogP contribution in [-0.2, 0) is 0 Å². The largest absolute Gasteiger partial charge is 0.245 e. The third-order valence-electron chi connectivity index (χ3n) is 2.63. The summed E-state index contributed by atoms with van der Waals surface area (Å²) in [7, 11) is 0. The maximum atomic E-state index is 6.17. The van der Waals surface area contributed by atoms with Gasteiger partial charge >= 0.3 is 0 Å². The van der Waals surface area contributed by atoms with Crippen molar-refractivity contribution in [2.45, 2.75) is 0 Å². The van der Waals surface area contributed by atoms with Crippen molar-refractivity contribution in [3.05, 3.63) is 58.2 Å². The standard InChI is InChI=1S/C14H8Cl2N2S/c15-11-4-2-1-3-10(11)12-8-19-14(18-12)9-5-6-17-13(16)7-9/h1-8H. The minimum absolute atomic E-state index is 0.465. The van der Waals surface area contributed by atoms with E-state index in [1.165, 1.54) is 0 Å². The van der Waals surface area contributed by atoms with Crippen molar-refractivity contribution in [1.29, 1.82) is 0 Å². The molecular formula is C14H8Cl2N2S. The van der Waals surface area contributed by atoms with Crippen molar-refractivity contribution in [3.8, 4) is 21.8 Å². The van der Waals surface area contributed by atoms with E-state index in [1.807, 2.05) is 35.7 Å². The van der Waals surface area contributed by atoms with Crippen LogP contribution in [0.15, 0.2) is 48.0 Å². The molecule has 0 atom stereocenters. The maximum absolute atomic E-state index is 6.17. The van der Waals surface area contributed by atoms with Gasteiger partial charge in [-0.15, -0.1) is 11.3 Å². The maximum Gasteiger partial charge on any atom is 0.129 e. The van der Waals surface area contributed by atoms with Crippen LogP contribution < -0.4 is 0 Å². The Labute approximate surface area is 124 Å². The Kier molecular flexibility index (Phi) is 3.51. The molecule has 3 rings (SSSR count). The van der Waals surface area contributed by atoms with E-state index >= 15 is 0 Å². The summed E-state index contributed by atoms with van der Waals surface area (Å²) in [5.41, 5.74) is 2.77. The molecule has 5 heteroatoms. The molecule has 19 heavy (non-hydrogen) atoms. The number of benzene rings is 1. The second kappa shape index (κ2) is 5.29. The number of thiazole rings is 1. The molecule has 0 unspecified atom stereocenters. The third kappa shape index (κ3) is 2.63. The Morgan fingerprint density at radius 2 is 1.89 bits per heavy atom. The summed E-state index contributed by atoms with van der Waals surface area (Å²) in [6.07, 6.45) is 1.67. The summed E-state index contributed by atoms with van der Waals surface area (Å²) in [6, 6.07) is 11.4. The van der Waals surface area contributed by atoms with Crippen LogP contribution in [0.1, 0.15) is 0 Å². The number of aromatic nitrogens is 2. The van der Waals surface area contributed by atoms with Crippen molar-refractivity contribution < 1.29 is 0 Å². The molecule has 0 amide bonds. The highest BCUT2D eigenvalue weighted by Gasteiger charge is 2.09. The highest BCUT2D eigenvalue weighted by Crippen LogP contribution is 2.32. The molecule has 0 spiro atoms. The molecule has 0 aliphatic rings. The lowest BCUT2D eigenvalue weighted by molar-refractivity contribution is 1.32. The zero-order valence-electron chi connectivity index (χ0n) is 9.68. The van der Waals surface area contributed by atoms with E-state index < -0.39 is 0 Å². The number of rotatable bonds is 2. The van der Waals surface area contributed by atoms with Gasteiger partial charge < -0.3 is 0 Å². The van der Waals surface area contributed by atoms with Crippen LogP contribution >= 0.6 is 34.5 Å². The van der Waals surface area contributed by atoms with E-state index in [4.69, 9.17) is 23.2 Å². The lowest BCUT2D eigenvalue weighted by atomic mass is 10.2. The van der Waals surface area contributed by atoms with Crippen LogP contribution in [-0.4, -0.2) is 9.97 Å². The molecule has 2 aromatic heterocycles. The molecule has 2 nitrogen and oxygen atoms in total. The average molecular weight is 307 g/mol. The lowest BCUT2D eigenvalue weighted by Crippen LogP contribution is -1.81. The van der Waals surface area contributed by atoms with Gasteiger partial charge in [0.2, 0.25) is 0 Å². The predicted octanol–water partition coefficient (Wildman–Crippen LogP) is 5.18. The average Bonchev–Trinajstić information content (AvgIpc) is 2.89. The van der Waals surface area contributed by atoms with Gasteiger partial charge in [-0.3, -0.25) is 0 Å². The SMILES string of the molecule is Clc1cc(-c2nc(-c3ccccc3Cl)cs2)ccn1. The molecule has 94 valence electrons. The van der Waals surface area contributed by atoms with Gasteiger partial charge in [0.15, 0.2) is 0 Å². The topological polar surface area (TPSA) is 25.8 Å². The van der Waals surface area contributed by atoms with Crippen molar-refractivity contribution in [3.63, 3.8) is 0 Å². The second-order valence-corrected chi connectivity index (χ2v) is 5.54. The molecule has 0 aliphatic heterocycles. The number of pyridine rings is 1. The first-order chi connectivity index (χ1) is 9.24. The Bertz CT molecular complexity index is 725. The summed E-state index contributed by atoms with van der Waals surface area (Å²) in [5.74, 6) is 0. The Morgan fingerprint density at radius 1 is 1.05 bits per heavy atom. The summed E-state index contributed by atoms with van der Waals surface area (Å²) in [6.45, 7) is 0. The zero-order chi connectivity index (χ0) is 13.2. The highest BCUT2D eigenvalue weighted by atomic mass is 35.5. The van der Waals surface area contributed by atoms with Crippen LogP contribution in [0.5, 0.6) is 0 Å². The minimum Gasteiger partial charge on any atom is -0.245 e. The van der Waals surface area contributed by atoms with E-state index in [0.29, 0.717) is 10.2 Å². The van der Waals surface area contributed by atoms with Crippen molar-refractivity contribution in [2.24, 2.45) is 0 Å². The van der Waals surface area contributed by atoms with Gasteiger partial charge in [-0.1, -0.05) is 41.4 Å². The van der Waals surface area contributed by atoms with E-state index in [9.17, 15) is 0 Å². The molecule has 0 saturated heterocycles. The van der Waals surface area contributed by atoms with E-state index in [0.717, 1.165) is 21.8 Å². The fourth-order valence-corrected chi connectivity index (χ4v) is 2.96. The number of hydrogen-bond donors (Lipinski definition) is 0. The van der Waals surface area contributed by atoms with E-state index in [2.05, 4.69) is 9.97 Å². The summed E-state index contributed by atoms with van der Waals surface area (Å²) < 4.78 is 0. The number of hydrogen-bond acceptors (Lipinski definition) is 3. The molecule has 2 heterocycles.